The molecular formula is C22H22ClFN2O2. The Morgan fingerprint density at radius 1 is 0.964 bits per heavy atom. The Balaban J connectivity index is 1.37. The lowest BCUT2D eigenvalue weighted by Gasteiger charge is -2.36. The highest BCUT2D eigenvalue weighted by Gasteiger charge is 2.32. The summed E-state index contributed by atoms with van der Waals surface area (Å²) >= 11 is 5.90. The molecule has 0 radical (unpaired) electrons. The van der Waals surface area contributed by atoms with Crippen LogP contribution in [0.3, 0.4) is 0 Å². The maximum atomic E-state index is 14.0. The molecule has 0 spiro atoms. The quantitative estimate of drug-likeness (QED) is 0.766. The minimum Gasteiger partial charge on any atom is -0.339 e. The SMILES string of the molecule is O=C(c1cc(Cl)ccc1F)N1CCC(C(=O)N2CCc3ccccc3C2)CC1. The second-order valence-electron chi connectivity index (χ2n) is 7.47. The average molecular weight is 401 g/mol. The molecule has 2 aliphatic heterocycles. The molecule has 2 amide bonds. The molecule has 4 rings (SSSR count). The lowest BCUT2D eigenvalue weighted by Crippen LogP contribution is -2.45. The smallest absolute Gasteiger partial charge is 0.256 e. The van der Waals surface area contributed by atoms with Gasteiger partial charge in [-0.2, -0.15) is 0 Å². The maximum absolute atomic E-state index is 14.0. The summed E-state index contributed by atoms with van der Waals surface area (Å²) in [6.07, 6.45) is 2.09. The fourth-order valence-electron chi connectivity index (χ4n) is 4.10. The molecule has 0 atom stereocenters. The molecular weight excluding hydrogens is 379 g/mol. The number of piperidine rings is 1. The van der Waals surface area contributed by atoms with E-state index in [9.17, 15) is 14.0 Å². The number of carbonyl (C=O) groups is 2. The fourth-order valence-corrected chi connectivity index (χ4v) is 4.28. The van der Waals surface area contributed by atoms with Crippen LogP contribution in [0, 0.1) is 11.7 Å². The Bertz CT molecular complexity index is 909. The third kappa shape index (κ3) is 3.76. The summed E-state index contributed by atoms with van der Waals surface area (Å²) in [4.78, 5) is 29.1. The highest BCUT2D eigenvalue weighted by Crippen LogP contribution is 2.26. The van der Waals surface area contributed by atoms with E-state index in [1.807, 2.05) is 17.0 Å². The van der Waals surface area contributed by atoms with Crippen molar-refractivity contribution in [1.29, 1.82) is 0 Å². The number of amides is 2. The predicted molar refractivity (Wildman–Crippen MR) is 106 cm³/mol. The van der Waals surface area contributed by atoms with Gasteiger partial charge in [0.1, 0.15) is 5.82 Å². The number of benzene rings is 2. The minimum absolute atomic E-state index is 0.00934. The van der Waals surface area contributed by atoms with Crippen molar-refractivity contribution in [1.82, 2.24) is 9.80 Å². The van der Waals surface area contributed by atoms with Gasteiger partial charge in [-0.05, 0) is 48.6 Å². The van der Waals surface area contributed by atoms with E-state index in [2.05, 4.69) is 12.1 Å². The lowest BCUT2D eigenvalue weighted by molar-refractivity contribution is -0.137. The summed E-state index contributed by atoms with van der Waals surface area (Å²) < 4.78 is 14.0. The van der Waals surface area contributed by atoms with E-state index in [-0.39, 0.29) is 23.3 Å². The van der Waals surface area contributed by atoms with Crippen LogP contribution in [0.25, 0.3) is 0 Å². The number of hydrogen-bond donors (Lipinski definition) is 0. The molecule has 2 aromatic carbocycles. The molecule has 1 fully saturated rings. The largest absolute Gasteiger partial charge is 0.339 e. The standard InChI is InChI=1S/C22H22ClFN2O2/c23-18-5-6-20(24)19(13-18)22(28)25-10-8-16(9-11-25)21(27)26-12-7-15-3-1-2-4-17(15)14-26/h1-6,13,16H,7-12,14H2. The minimum atomic E-state index is -0.570. The van der Waals surface area contributed by atoms with Crippen molar-refractivity contribution in [3.63, 3.8) is 0 Å². The molecule has 0 aromatic heterocycles. The van der Waals surface area contributed by atoms with Gasteiger partial charge >= 0.3 is 0 Å². The second-order valence-corrected chi connectivity index (χ2v) is 7.91. The van der Waals surface area contributed by atoms with Gasteiger partial charge in [0.15, 0.2) is 0 Å². The molecule has 28 heavy (non-hydrogen) atoms. The fraction of sp³-hybridized carbons (Fsp3) is 0.364. The monoisotopic (exact) mass is 400 g/mol. The zero-order chi connectivity index (χ0) is 19.7. The number of fused-ring (bicyclic) bond motifs is 1. The van der Waals surface area contributed by atoms with Gasteiger partial charge in [-0.25, -0.2) is 4.39 Å². The number of halogens is 2. The summed E-state index contributed by atoms with van der Waals surface area (Å²) in [5.41, 5.74) is 2.52. The Morgan fingerprint density at radius 3 is 2.43 bits per heavy atom. The molecule has 0 unspecified atom stereocenters. The highest BCUT2D eigenvalue weighted by atomic mass is 35.5. The molecule has 146 valence electrons. The van der Waals surface area contributed by atoms with Crippen molar-refractivity contribution >= 4 is 23.4 Å². The Morgan fingerprint density at radius 2 is 1.68 bits per heavy atom. The summed E-state index contributed by atoms with van der Waals surface area (Å²) in [5.74, 6) is -0.855. The first-order valence-corrected chi connectivity index (χ1v) is 10.0. The second kappa shape index (κ2) is 7.92. The third-order valence-corrected chi connectivity index (χ3v) is 5.97. The van der Waals surface area contributed by atoms with E-state index >= 15 is 0 Å². The van der Waals surface area contributed by atoms with Crippen LogP contribution in [0.4, 0.5) is 4.39 Å². The summed E-state index contributed by atoms with van der Waals surface area (Å²) in [6, 6.07) is 12.2. The molecule has 0 N–H and O–H groups in total. The van der Waals surface area contributed by atoms with Gasteiger partial charge < -0.3 is 9.80 Å². The molecule has 0 bridgehead atoms. The number of hydrogen-bond acceptors (Lipinski definition) is 2. The molecule has 0 aliphatic carbocycles. The van der Waals surface area contributed by atoms with E-state index in [0.29, 0.717) is 37.5 Å². The van der Waals surface area contributed by atoms with Gasteiger partial charge in [-0.3, -0.25) is 9.59 Å². The average Bonchev–Trinajstić information content (AvgIpc) is 2.74. The van der Waals surface area contributed by atoms with Crippen LogP contribution >= 0.6 is 11.6 Å². The van der Waals surface area contributed by atoms with Crippen LogP contribution in [-0.2, 0) is 17.8 Å². The molecule has 0 saturated carbocycles. The van der Waals surface area contributed by atoms with Crippen LogP contribution in [0.2, 0.25) is 5.02 Å². The number of nitrogens with zero attached hydrogens (tertiary/aromatic N) is 2. The van der Waals surface area contributed by atoms with Crippen molar-refractivity contribution in [2.75, 3.05) is 19.6 Å². The van der Waals surface area contributed by atoms with Gasteiger partial charge in [-0.15, -0.1) is 0 Å². The van der Waals surface area contributed by atoms with Gasteiger partial charge in [0.05, 0.1) is 5.56 Å². The lowest BCUT2D eigenvalue weighted by atomic mass is 9.92. The van der Waals surface area contributed by atoms with E-state index in [0.717, 1.165) is 13.0 Å². The van der Waals surface area contributed by atoms with E-state index in [1.165, 1.54) is 29.3 Å². The van der Waals surface area contributed by atoms with E-state index in [1.54, 1.807) is 4.90 Å². The molecule has 2 heterocycles. The van der Waals surface area contributed by atoms with Gasteiger partial charge in [-0.1, -0.05) is 35.9 Å². The van der Waals surface area contributed by atoms with E-state index in [4.69, 9.17) is 11.6 Å². The van der Waals surface area contributed by atoms with E-state index < -0.39 is 5.82 Å². The zero-order valence-electron chi connectivity index (χ0n) is 15.5. The molecule has 1 saturated heterocycles. The summed E-state index contributed by atoms with van der Waals surface area (Å²) in [6.45, 7) is 2.29. The Kier molecular flexibility index (Phi) is 5.36. The van der Waals surface area contributed by atoms with Crippen LogP contribution in [-0.4, -0.2) is 41.2 Å². The molecule has 2 aliphatic rings. The molecule has 4 nitrogen and oxygen atoms in total. The van der Waals surface area contributed by atoms with Crippen LogP contribution < -0.4 is 0 Å². The number of likely N-dealkylation sites (tertiary alicyclic amines) is 1. The third-order valence-electron chi connectivity index (χ3n) is 5.73. The number of rotatable bonds is 2. The molecule has 6 heteroatoms. The summed E-state index contributed by atoms with van der Waals surface area (Å²) in [7, 11) is 0. The zero-order valence-corrected chi connectivity index (χ0v) is 16.3. The van der Waals surface area contributed by atoms with Crippen LogP contribution in [0.1, 0.15) is 34.3 Å². The Hall–Kier alpha value is -2.40. The first kappa shape index (κ1) is 18.9. The highest BCUT2D eigenvalue weighted by molar-refractivity contribution is 6.31. The normalized spacial score (nSPS) is 17.4. The Labute approximate surface area is 168 Å². The van der Waals surface area contributed by atoms with Crippen molar-refractivity contribution in [3.05, 3.63) is 70.0 Å². The number of carbonyl (C=O) groups excluding carboxylic acids is 2. The maximum Gasteiger partial charge on any atom is 0.256 e. The predicted octanol–water partition coefficient (Wildman–Crippen LogP) is 3.92. The topological polar surface area (TPSA) is 40.6 Å². The van der Waals surface area contributed by atoms with Crippen LogP contribution in [0.15, 0.2) is 42.5 Å². The van der Waals surface area contributed by atoms with Gasteiger partial charge in [0, 0.05) is 37.1 Å². The van der Waals surface area contributed by atoms with Crippen LogP contribution in [0.5, 0.6) is 0 Å². The van der Waals surface area contributed by atoms with Gasteiger partial charge in [0.2, 0.25) is 5.91 Å². The van der Waals surface area contributed by atoms with Crippen molar-refractivity contribution in [2.24, 2.45) is 5.92 Å². The van der Waals surface area contributed by atoms with Gasteiger partial charge in [0.25, 0.3) is 5.91 Å². The first-order chi connectivity index (χ1) is 13.5. The molecule has 2 aromatic rings. The van der Waals surface area contributed by atoms with Crippen molar-refractivity contribution < 1.29 is 14.0 Å². The van der Waals surface area contributed by atoms with Crippen molar-refractivity contribution in [3.8, 4) is 0 Å². The van der Waals surface area contributed by atoms with Crippen molar-refractivity contribution in [2.45, 2.75) is 25.8 Å². The first-order valence-electron chi connectivity index (χ1n) is 9.63. The summed E-state index contributed by atoms with van der Waals surface area (Å²) in [5, 5.41) is 0.334.